The van der Waals surface area contributed by atoms with Crippen molar-refractivity contribution >= 4 is 0 Å². The fraction of sp³-hybridized carbons (Fsp3) is 1.00. The third-order valence-corrected chi connectivity index (χ3v) is 2.10. The Labute approximate surface area is 78.8 Å². The van der Waals surface area contributed by atoms with Crippen LogP contribution < -0.4 is 0 Å². The van der Waals surface area contributed by atoms with E-state index in [0.29, 0.717) is 10.8 Å². The Morgan fingerprint density at radius 1 is 0.583 bits per heavy atom. The average molecular weight is 170 g/mol. The minimum absolute atomic E-state index is 0.526. The van der Waals surface area contributed by atoms with Crippen molar-refractivity contribution in [3.05, 3.63) is 0 Å². The van der Waals surface area contributed by atoms with Gasteiger partial charge in [0.1, 0.15) is 0 Å². The average Bonchev–Trinajstić information content (AvgIpc) is 1.76. The van der Waals surface area contributed by atoms with E-state index < -0.39 is 0 Å². The summed E-state index contributed by atoms with van der Waals surface area (Å²) in [5.74, 6) is 0. The summed E-state index contributed by atoms with van der Waals surface area (Å²) in [6.45, 7) is 13.9. The van der Waals surface area contributed by atoms with E-state index in [1.54, 1.807) is 0 Å². The highest BCUT2D eigenvalue weighted by atomic mass is 14.2. The number of unbranched alkanes of at least 4 members (excludes halogenated alkanes) is 1. The van der Waals surface area contributed by atoms with E-state index in [0.717, 1.165) is 0 Å². The lowest BCUT2D eigenvalue weighted by Gasteiger charge is -2.21. The van der Waals surface area contributed by atoms with Gasteiger partial charge in [0.05, 0.1) is 0 Å². The predicted molar refractivity (Wildman–Crippen MR) is 57.4 cm³/mol. The van der Waals surface area contributed by atoms with Gasteiger partial charge in [0.2, 0.25) is 0 Å². The van der Waals surface area contributed by atoms with Crippen LogP contribution in [-0.2, 0) is 0 Å². The summed E-state index contributed by atoms with van der Waals surface area (Å²) in [5, 5.41) is 0. The van der Waals surface area contributed by atoms with Crippen molar-refractivity contribution in [1.29, 1.82) is 0 Å². The third kappa shape index (κ3) is 10.0. The molecule has 0 nitrogen and oxygen atoms in total. The summed E-state index contributed by atoms with van der Waals surface area (Å²) in [6.07, 6.45) is 5.51. The molecule has 0 spiro atoms. The van der Waals surface area contributed by atoms with Crippen molar-refractivity contribution in [1.82, 2.24) is 0 Å². The molecule has 0 unspecified atom stereocenters. The standard InChI is InChI=1S/C12H26/c1-11(2,3)9-7-8-10-12(4,5)6/h7-10H2,1-6H3. The van der Waals surface area contributed by atoms with Gasteiger partial charge in [-0.15, -0.1) is 0 Å². The maximum atomic E-state index is 2.32. The van der Waals surface area contributed by atoms with Crippen LogP contribution in [0.5, 0.6) is 0 Å². The minimum atomic E-state index is 0.526. The van der Waals surface area contributed by atoms with Crippen molar-refractivity contribution in [3.63, 3.8) is 0 Å². The second-order valence-electron chi connectivity index (χ2n) is 6.33. The Morgan fingerprint density at radius 2 is 0.833 bits per heavy atom. The van der Waals surface area contributed by atoms with Gasteiger partial charge in [-0.3, -0.25) is 0 Å². The highest BCUT2D eigenvalue weighted by Crippen LogP contribution is 2.26. The van der Waals surface area contributed by atoms with E-state index in [1.165, 1.54) is 25.7 Å². The van der Waals surface area contributed by atoms with Crippen LogP contribution >= 0.6 is 0 Å². The van der Waals surface area contributed by atoms with Gasteiger partial charge >= 0.3 is 0 Å². The molecule has 0 aromatic carbocycles. The molecule has 0 saturated carbocycles. The maximum absolute atomic E-state index is 2.32. The number of hydrogen-bond acceptors (Lipinski definition) is 0. The molecule has 0 radical (unpaired) electrons. The molecule has 0 N–H and O–H groups in total. The Morgan fingerprint density at radius 3 is 1.00 bits per heavy atom. The molecule has 0 rings (SSSR count). The van der Waals surface area contributed by atoms with Crippen LogP contribution in [0.3, 0.4) is 0 Å². The molecular formula is C12H26. The summed E-state index contributed by atoms with van der Waals surface area (Å²) in [7, 11) is 0. The Hall–Kier alpha value is 0. The lowest BCUT2D eigenvalue weighted by Crippen LogP contribution is -2.07. The first-order valence-electron chi connectivity index (χ1n) is 5.21. The lowest BCUT2D eigenvalue weighted by molar-refractivity contribution is 0.318. The zero-order valence-electron chi connectivity index (χ0n) is 9.83. The smallest absolute Gasteiger partial charge is 0.0383 e. The molecular weight excluding hydrogens is 144 g/mol. The van der Waals surface area contributed by atoms with Gasteiger partial charge in [-0.05, 0) is 23.7 Å². The van der Waals surface area contributed by atoms with E-state index in [9.17, 15) is 0 Å². The third-order valence-electron chi connectivity index (χ3n) is 2.10. The van der Waals surface area contributed by atoms with Crippen LogP contribution in [0.1, 0.15) is 67.2 Å². The fourth-order valence-corrected chi connectivity index (χ4v) is 1.31. The molecule has 0 heterocycles. The molecule has 0 fully saturated rings. The second kappa shape index (κ2) is 4.30. The van der Waals surface area contributed by atoms with Crippen LogP contribution in [0.15, 0.2) is 0 Å². The molecule has 0 atom stereocenters. The molecule has 0 aliphatic rings. The lowest BCUT2D eigenvalue weighted by atomic mass is 9.85. The highest BCUT2D eigenvalue weighted by molar-refractivity contribution is 4.64. The van der Waals surface area contributed by atoms with Crippen LogP contribution in [-0.4, -0.2) is 0 Å². The normalized spacial score (nSPS) is 13.5. The zero-order valence-corrected chi connectivity index (χ0v) is 9.83. The first-order valence-corrected chi connectivity index (χ1v) is 5.21. The van der Waals surface area contributed by atoms with E-state index >= 15 is 0 Å². The van der Waals surface area contributed by atoms with E-state index in [2.05, 4.69) is 41.5 Å². The Bertz CT molecular complexity index is 93.0. The van der Waals surface area contributed by atoms with Gasteiger partial charge in [-0.25, -0.2) is 0 Å². The topological polar surface area (TPSA) is 0 Å². The summed E-state index contributed by atoms with van der Waals surface area (Å²) in [4.78, 5) is 0. The van der Waals surface area contributed by atoms with Gasteiger partial charge in [-0.2, -0.15) is 0 Å². The van der Waals surface area contributed by atoms with E-state index in [1.807, 2.05) is 0 Å². The van der Waals surface area contributed by atoms with Crippen molar-refractivity contribution in [2.24, 2.45) is 10.8 Å². The van der Waals surface area contributed by atoms with Gasteiger partial charge in [0.25, 0.3) is 0 Å². The molecule has 0 aliphatic carbocycles. The monoisotopic (exact) mass is 170 g/mol. The SMILES string of the molecule is CC(C)(C)CCCCC(C)(C)C. The van der Waals surface area contributed by atoms with Crippen LogP contribution in [0.4, 0.5) is 0 Å². The molecule has 0 amide bonds. The summed E-state index contributed by atoms with van der Waals surface area (Å²) < 4.78 is 0. The van der Waals surface area contributed by atoms with Crippen molar-refractivity contribution in [2.75, 3.05) is 0 Å². The largest absolute Gasteiger partial charge is 0.0602 e. The number of hydrogen-bond donors (Lipinski definition) is 0. The molecule has 0 heteroatoms. The van der Waals surface area contributed by atoms with Gasteiger partial charge < -0.3 is 0 Å². The zero-order chi connectivity index (χ0) is 9.83. The molecule has 0 saturated heterocycles. The maximum Gasteiger partial charge on any atom is -0.0383 e. The van der Waals surface area contributed by atoms with Crippen molar-refractivity contribution in [2.45, 2.75) is 67.2 Å². The van der Waals surface area contributed by atoms with Crippen LogP contribution in [0.2, 0.25) is 0 Å². The molecule has 0 bridgehead atoms. The molecule has 12 heavy (non-hydrogen) atoms. The van der Waals surface area contributed by atoms with Crippen molar-refractivity contribution in [3.8, 4) is 0 Å². The van der Waals surface area contributed by atoms with E-state index in [4.69, 9.17) is 0 Å². The first kappa shape index (κ1) is 12.0. The Balaban J connectivity index is 3.35. The predicted octanol–water partition coefficient (Wildman–Crippen LogP) is 4.64. The first-order chi connectivity index (χ1) is 5.21. The van der Waals surface area contributed by atoms with Crippen LogP contribution in [0.25, 0.3) is 0 Å². The van der Waals surface area contributed by atoms with Gasteiger partial charge in [0.15, 0.2) is 0 Å². The summed E-state index contributed by atoms with van der Waals surface area (Å²) in [5.41, 5.74) is 1.05. The Kier molecular flexibility index (Phi) is 4.30. The summed E-state index contributed by atoms with van der Waals surface area (Å²) >= 11 is 0. The summed E-state index contributed by atoms with van der Waals surface area (Å²) in [6, 6.07) is 0. The van der Waals surface area contributed by atoms with Gasteiger partial charge in [0, 0.05) is 0 Å². The quantitative estimate of drug-likeness (QED) is 0.541. The molecule has 0 aromatic rings. The second-order valence-corrected chi connectivity index (χ2v) is 6.33. The van der Waals surface area contributed by atoms with E-state index in [-0.39, 0.29) is 0 Å². The number of rotatable bonds is 3. The fourth-order valence-electron chi connectivity index (χ4n) is 1.31. The molecule has 74 valence electrons. The molecule has 0 aliphatic heterocycles. The van der Waals surface area contributed by atoms with Gasteiger partial charge in [-0.1, -0.05) is 54.4 Å². The molecule has 0 aromatic heterocycles. The minimum Gasteiger partial charge on any atom is -0.0602 e. The highest BCUT2D eigenvalue weighted by Gasteiger charge is 2.12. The van der Waals surface area contributed by atoms with Crippen LogP contribution in [0, 0.1) is 10.8 Å². The van der Waals surface area contributed by atoms with Crippen molar-refractivity contribution < 1.29 is 0 Å².